The number of hydrogen-bond acceptors (Lipinski definition) is 7. The maximum atomic E-state index is 8.93. The summed E-state index contributed by atoms with van der Waals surface area (Å²) in [4.78, 5) is 0. The predicted molar refractivity (Wildman–Crippen MR) is 72.7 cm³/mol. The first-order valence-corrected chi connectivity index (χ1v) is 7.68. The SMILES string of the molecule is OCCOC(OC(OCCO)C1CCCO1)C1CCCO1. The third-order valence-corrected chi connectivity index (χ3v) is 3.55. The number of ether oxygens (including phenoxy) is 5. The number of aliphatic hydroxyl groups is 2. The molecule has 2 aliphatic heterocycles. The van der Waals surface area contributed by atoms with Crippen LogP contribution in [0.4, 0.5) is 0 Å². The van der Waals surface area contributed by atoms with Gasteiger partial charge in [0, 0.05) is 13.2 Å². The van der Waals surface area contributed by atoms with E-state index >= 15 is 0 Å². The highest BCUT2D eigenvalue weighted by Crippen LogP contribution is 2.25. The largest absolute Gasteiger partial charge is 0.394 e. The molecule has 0 aromatic heterocycles. The zero-order valence-electron chi connectivity index (χ0n) is 12.3. The van der Waals surface area contributed by atoms with E-state index in [4.69, 9.17) is 33.9 Å². The Morgan fingerprint density at radius 1 is 0.857 bits per heavy atom. The summed E-state index contributed by atoms with van der Waals surface area (Å²) >= 11 is 0. The second-order valence-corrected chi connectivity index (χ2v) is 5.16. The van der Waals surface area contributed by atoms with Gasteiger partial charge in [-0.1, -0.05) is 0 Å². The quantitative estimate of drug-likeness (QED) is 0.551. The van der Waals surface area contributed by atoms with E-state index in [1.807, 2.05) is 0 Å². The maximum absolute atomic E-state index is 8.93. The van der Waals surface area contributed by atoms with Gasteiger partial charge in [-0.3, -0.25) is 0 Å². The lowest BCUT2D eigenvalue weighted by Gasteiger charge is -2.30. The van der Waals surface area contributed by atoms with Gasteiger partial charge in [-0.25, -0.2) is 0 Å². The minimum absolute atomic E-state index is 0.0747. The molecule has 0 aromatic carbocycles. The topological polar surface area (TPSA) is 86.6 Å². The van der Waals surface area contributed by atoms with Crippen LogP contribution in [0.5, 0.6) is 0 Å². The third-order valence-electron chi connectivity index (χ3n) is 3.55. The van der Waals surface area contributed by atoms with Crippen molar-refractivity contribution in [2.45, 2.75) is 50.5 Å². The Hall–Kier alpha value is -0.280. The van der Waals surface area contributed by atoms with E-state index in [9.17, 15) is 0 Å². The van der Waals surface area contributed by atoms with Crippen LogP contribution in [0.25, 0.3) is 0 Å². The van der Waals surface area contributed by atoms with E-state index in [1.165, 1.54) is 0 Å². The Balaban J connectivity index is 1.91. The van der Waals surface area contributed by atoms with Gasteiger partial charge < -0.3 is 33.9 Å². The smallest absolute Gasteiger partial charge is 0.186 e. The number of aliphatic hydroxyl groups excluding tert-OH is 2. The van der Waals surface area contributed by atoms with Crippen molar-refractivity contribution < 1.29 is 33.9 Å². The van der Waals surface area contributed by atoms with E-state index in [1.54, 1.807) is 0 Å². The molecule has 0 spiro atoms. The Morgan fingerprint density at radius 3 is 1.67 bits per heavy atom. The molecule has 0 bridgehead atoms. The summed E-state index contributed by atoms with van der Waals surface area (Å²) in [6.07, 6.45) is 2.16. The molecule has 2 saturated heterocycles. The van der Waals surface area contributed by atoms with E-state index < -0.39 is 12.6 Å². The Morgan fingerprint density at radius 2 is 1.33 bits per heavy atom. The van der Waals surface area contributed by atoms with Crippen LogP contribution in [0.3, 0.4) is 0 Å². The fourth-order valence-electron chi connectivity index (χ4n) is 2.57. The molecule has 4 atom stereocenters. The molecule has 0 saturated carbocycles. The summed E-state index contributed by atoms with van der Waals surface area (Å²) in [5.74, 6) is 0. The molecule has 21 heavy (non-hydrogen) atoms. The predicted octanol–water partition coefficient (Wildman–Crippen LogP) is 0.0310. The molecule has 2 rings (SSSR count). The van der Waals surface area contributed by atoms with Crippen LogP contribution in [0, 0.1) is 0 Å². The van der Waals surface area contributed by atoms with Gasteiger partial charge in [-0.05, 0) is 25.7 Å². The van der Waals surface area contributed by atoms with E-state index in [0.29, 0.717) is 13.2 Å². The van der Waals surface area contributed by atoms with Crippen molar-refractivity contribution in [3.8, 4) is 0 Å². The highest BCUT2D eigenvalue weighted by Gasteiger charge is 2.35. The molecule has 0 aliphatic carbocycles. The first-order chi connectivity index (χ1) is 10.3. The maximum Gasteiger partial charge on any atom is 0.186 e. The summed E-state index contributed by atoms with van der Waals surface area (Å²) < 4.78 is 28.2. The van der Waals surface area contributed by atoms with Gasteiger partial charge in [-0.15, -0.1) is 0 Å². The summed E-state index contributed by atoms with van der Waals surface area (Å²) in [6.45, 7) is 1.60. The standard InChI is InChI=1S/C14H26O7/c15-5-9-19-13(11-3-1-7-17-11)21-14(20-10-6-16)12-4-2-8-18-12/h11-16H,1-10H2. The van der Waals surface area contributed by atoms with Crippen LogP contribution < -0.4 is 0 Å². The van der Waals surface area contributed by atoms with Crippen molar-refractivity contribution in [2.24, 2.45) is 0 Å². The van der Waals surface area contributed by atoms with E-state index in [0.717, 1.165) is 25.7 Å². The zero-order valence-corrected chi connectivity index (χ0v) is 12.3. The van der Waals surface area contributed by atoms with Gasteiger partial charge in [0.15, 0.2) is 12.6 Å². The van der Waals surface area contributed by atoms with Crippen LogP contribution >= 0.6 is 0 Å². The van der Waals surface area contributed by atoms with Gasteiger partial charge in [-0.2, -0.15) is 0 Å². The van der Waals surface area contributed by atoms with Crippen molar-refractivity contribution >= 4 is 0 Å². The Labute approximate surface area is 125 Å². The fraction of sp³-hybridized carbons (Fsp3) is 1.00. The van der Waals surface area contributed by atoms with Crippen molar-refractivity contribution in [3.63, 3.8) is 0 Å². The molecular weight excluding hydrogens is 280 g/mol. The Kier molecular flexibility index (Phi) is 7.87. The molecule has 0 radical (unpaired) electrons. The number of hydrogen-bond donors (Lipinski definition) is 2. The van der Waals surface area contributed by atoms with Crippen LogP contribution in [-0.4, -0.2) is 74.6 Å². The third kappa shape index (κ3) is 5.45. The lowest BCUT2D eigenvalue weighted by atomic mass is 10.2. The van der Waals surface area contributed by atoms with Crippen LogP contribution in [0.1, 0.15) is 25.7 Å². The summed E-state index contributed by atoms with van der Waals surface area (Å²) in [5.41, 5.74) is 0. The van der Waals surface area contributed by atoms with Gasteiger partial charge in [0.05, 0.1) is 26.4 Å². The minimum Gasteiger partial charge on any atom is -0.394 e. The summed E-state index contributed by atoms with van der Waals surface area (Å²) in [7, 11) is 0. The van der Waals surface area contributed by atoms with Crippen molar-refractivity contribution in [3.05, 3.63) is 0 Å². The second kappa shape index (κ2) is 9.68. The molecule has 2 fully saturated rings. The minimum atomic E-state index is -0.590. The van der Waals surface area contributed by atoms with Crippen molar-refractivity contribution in [1.29, 1.82) is 0 Å². The van der Waals surface area contributed by atoms with Gasteiger partial charge >= 0.3 is 0 Å². The monoisotopic (exact) mass is 306 g/mol. The van der Waals surface area contributed by atoms with Crippen molar-refractivity contribution in [2.75, 3.05) is 39.6 Å². The number of rotatable bonds is 10. The van der Waals surface area contributed by atoms with E-state index in [-0.39, 0.29) is 38.6 Å². The van der Waals surface area contributed by atoms with Gasteiger partial charge in [0.2, 0.25) is 0 Å². The molecule has 7 heteroatoms. The second-order valence-electron chi connectivity index (χ2n) is 5.16. The Bertz CT molecular complexity index is 238. The molecule has 2 heterocycles. The molecule has 0 aromatic rings. The van der Waals surface area contributed by atoms with Gasteiger partial charge in [0.1, 0.15) is 12.2 Å². The molecule has 0 amide bonds. The normalized spacial score (nSPS) is 28.9. The van der Waals surface area contributed by atoms with E-state index in [2.05, 4.69) is 0 Å². The molecular formula is C14H26O7. The summed E-state index contributed by atoms with van der Waals surface area (Å²) in [6, 6.07) is 0. The molecule has 4 unspecified atom stereocenters. The molecule has 2 aliphatic rings. The highest BCUT2D eigenvalue weighted by molar-refractivity contribution is 4.74. The lowest BCUT2D eigenvalue weighted by Crippen LogP contribution is -2.41. The highest BCUT2D eigenvalue weighted by atomic mass is 16.8. The first kappa shape index (κ1) is 17.1. The fourth-order valence-corrected chi connectivity index (χ4v) is 2.57. The molecule has 2 N–H and O–H groups in total. The average Bonchev–Trinajstić information content (AvgIpc) is 3.19. The lowest BCUT2D eigenvalue weighted by molar-refractivity contribution is -0.297. The first-order valence-electron chi connectivity index (χ1n) is 7.68. The van der Waals surface area contributed by atoms with Gasteiger partial charge in [0.25, 0.3) is 0 Å². The van der Waals surface area contributed by atoms with Crippen LogP contribution in [-0.2, 0) is 23.7 Å². The average molecular weight is 306 g/mol. The van der Waals surface area contributed by atoms with Crippen LogP contribution in [0.2, 0.25) is 0 Å². The van der Waals surface area contributed by atoms with Crippen LogP contribution in [0.15, 0.2) is 0 Å². The molecule has 7 nitrogen and oxygen atoms in total. The molecule has 124 valence electrons. The van der Waals surface area contributed by atoms with Crippen molar-refractivity contribution in [1.82, 2.24) is 0 Å². The summed E-state index contributed by atoms with van der Waals surface area (Å²) in [5, 5.41) is 17.9. The zero-order chi connectivity index (χ0) is 14.9.